The molecule has 2 N–H and O–H groups in total. The molecule has 1 aliphatic heterocycles. The second kappa shape index (κ2) is 10.1. The van der Waals surface area contributed by atoms with Crippen LogP contribution in [-0.4, -0.2) is 38.8 Å². The van der Waals surface area contributed by atoms with Crippen LogP contribution in [0.2, 0.25) is 0 Å². The standard InChI is InChI=1S/C27H26F4N6O2/c1-15-25(16(2)36(34-15)14-17-7-9-19(28)10-8-17)33-26(38)22-13-24-32-21(18-5-4-6-20(11-18)39-3)12-23(27(29,30)31)37(24)35-22/h4-11,13,21,23,32H,12,14H2,1-3H3,(H,33,38)/t21-,23-/m1/s1. The molecule has 0 radical (unpaired) electrons. The summed E-state index contributed by atoms with van der Waals surface area (Å²) >= 11 is 0. The maximum atomic E-state index is 14.1. The molecule has 12 heteroatoms. The molecule has 39 heavy (non-hydrogen) atoms. The number of nitrogens with zero attached hydrogens (tertiary/aromatic N) is 4. The number of benzene rings is 2. The molecule has 0 saturated heterocycles. The molecule has 2 atom stereocenters. The minimum Gasteiger partial charge on any atom is -0.497 e. The molecule has 0 bridgehead atoms. The van der Waals surface area contributed by atoms with Crippen LogP contribution in [0.15, 0.2) is 54.6 Å². The minimum absolute atomic E-state index is 0.0852. The van der Waals surface area contributed by atoms with E-state index in [2.05, 4.69) is 20.8 Å². The highest BCUT2D eigenvalue weighted by molar-refractivity contribution is 6.04. The number of carbonyl (C=O) groups excluding carboxylic acids is 1. The quantitative estimate of drug-likeness (QED) is 0.301. The summed E-state index contributed by atoms with van der Waals surface area (Å²) in [7, 11) is 1.49. The number of amides is 1. The average molecular weight is 543 g/mol. The molecule has 5 rings (SSSR count). The van der Waals surface area contributed by atoms with Gasteiger partial charge in [0.1, 0.15) is 17.4 Å². The molecule has 8 nitrogen and oxygen atoms in total. The first-order chi connectivity index (χ1) is 18.5. The van der Waals surface area contributed by atoms with Gasteiger partial charge in [0.15, 0.2) is 11.7 Å². The Morgan fingerprint density at radius 2 is 1.87 bits per heavy atom. The predicted octanol–water partition coefficient (Wildman–Crippen LogP) is 5.81. The number of hydrogen-bond donors (Lipinski definition) is 2. The number of halogens is 4. The summed E-state index contributed by atoms with van der Waals surface area (Å²) in [4.78, 5) is 13.1. The van der Waals surface area contributed by atoms with Crippen LogP contribution < -0.4 is 15.4 Å². The first-order valence-electron chi connectivity index (χ1n) is 12.2. The van der Waals surface area contributed by atoms with E-state index in [-0.39, 0.29) is 23.7 Å². The van der Waals surface area contributed by atoms with E-state index in [1.807, 2.05) is 0 Å². The lowest BCUT2D eigenvalue weighted by atomic mass is 9.97. The lowest BCUT2D eigenvalue weighted by Crippen LogP contribution is -2.35. The molecule has 0 unspecified atom stereocenters. The average Bonchev–Trinajstić information content (AvgIpc) is 3.45. The van der Waals surface area contributed by atoms with E-state index in [1.54, 1.807) is 54.9 Å². The van der Waals surface area contributed by atoms with Gasteiger partial charge in [-0.25, -0.2) is 9.07 Å². The summed E-state index contributed by atoms with van der Waals surface area (Å²) in [6.07, 6.45) is -4.89. The van der Waals surface area contributed by atoms with Crippen molar-refractivity contribution < 1.29 is 27.1 Å². The first kappa shape index (κ1) is 26.3. The number of fused-ring (bicyclic) bond motifs is 1. The number of aromatic nitrogens is 4. The summed E-state index contributed by atoms with van der Waals surface area (Å²) < 4.78 is 63.2. The van der Waals surface area contributed by atoms with Crippen LogP contribution in [0.5, 0.6) is 5.75 Å². The van der Waals surface area contributed by atoms with Crippen LogP contribution in [0.25, 0.3) is 0 Å². The van der Waals surface area contributed by atoms with Crippen molar-refractivity contribution >= 4 is 17.4 Å². The summed E-state index contributed by atoms with van der Waals surface area (Å²) in [6.45, 7) is 3.82. The number of alkyl halides is 3. The topological polar surface area (TPSA) is 86.0 Å². The number of hydrogen-bond acceptors (Lipinski definition) is 5. The van der Waals surface area contributed by atoms with Crippen LogP contribution in [0.1, 0.15) is 51.5 Å². The van der Waals surface area contributed by atoms with Crippen molar-refractivity contribution in [3.05, 3.63) is 88.6 Å². The smallest absolute Gasteiger partial charge is 0.410 e. The molecule has 2 aromatic heterocycles. The van der Waals surface area contributed by atoms with Crippen molar-refractivity contribution in [3.8, 4) is 5.75 Å². The monoisotopic (exact) mass is 542 g/mol. The highest BCUT2D eigenvalue weighted by Gasteiger charge is 2.47. The Bertz CT molecular complexity index is 1510. The van der Waals surface area contributed by atoms with E-state index >= 15 is 0 Å². The van der Waals surface area contributed by atoms with Gasteiger partial charge >= 0.3 is 6.18 Å². The minimum atomic E-state index is -4.58. The zero-order chi connectivity index (χ0) is 27.9. The number of anilines is 2. The molecule has 3 heterocycles. The Hall–Kier alpha value is -4.35. The van der Waals surface area contributed by atoms with Crippen LogP contribution in [0.3, 0.4) is 0 Å². The third-order valence-corrected chi connectivity index (χ3v) is 6.78. The summed E-state index contributed by atoms with van der Waals surface area (Å²) in [5.74, 6) is -0.394. The third-order valence-electron chi connectivity index (χ3n) is 6.78. The van der Waals surface area contributed by atoms with Crippen molar-refractivity contribution in [2.45, 2.75) is 45.1 Å². The second-order valence-corrected chi connectivity index (χ2v) is 9.41. The van der Waals surface area contributed by atoms with Gasteiger partial charge < -0.3 is 15.4 Å². The van der Waals surface area contributed by atoms with Gasteiger partial charge in [0, 0.05) is 12.5 Å². The van der Waals surface area contributed by atoms with Crippen LogP contribution in [-0.2, 0) is 6.54 Å². The van der Waals surface area contributed by atoms with E-state index in [0.29, 0.717) is 34.9 Å². The molecule has 1 amide bonds. The molecule has 1 aliphatic rings. The SMILES string of the molecule is COc1cccc([C@H]2C[C@H](C(F)(F)F)n3nc(C(=O)Nc4c(C)nn(Cc5ccc(F)cc5)c4C)cc3N2)c1. The van der Waals surface area contributed by atoms with Gasteiger partial charge in [-0.1, -0.05) is 24.3 Å². The highest BCUT2D eigenvalue weighted by atomic mass is 19.4. The lowest BCUT2D eigenvalue weighted by Gasteiger charge is -2.33. The fourth-order valence-electron chi connectivity index (χ4n) is 4.73. The van der Waals surface area contributed by atoms with Gasteiger partial charge in [-0.3, -0.25) is 9.48 Å². The first-order valence-corrected chi connectivity index (χ1v) is 12.2. The van der Waals surface area contributed by atoms with Crippen LogP contribution in [0.4, 0.5) is 29.1 Å². The Morgan fingerprint density at radius 3 is 2.56 bits per heavy atom. The van der Waals surface area contributed by atoms with Gasteiger partial charge in [0.2, 0.25) is 0 Å². The normalized spacial score (nSPS) is 16.9. The van der Waals surface area contributed by atoms with Gasteiger partial charge in [0.25, 0.3) is 5.91 Å². The van der Waals surface area contributed by atoms with Crippen molar-refractivity contribution in [1.82, 2.24) is 19.6 Å². The zero-order valence-corrected chi connectivity index (χ0v) is 21.4. The summed E-state index contributed by atoms with van der Waals surface area (Å²) in [5.41, 5.74) is 2.87. The van der Waals surface area contributed by atoms with Gasteiger partial charge in [-0.15, -0.1) is 0 Å². The van der Waals surface area contributed by atoms with Crippen molar-refractivity contribution in [2.75, 3.05) is 17.7 Å². The van der Waals surface area contributed by atoms with Crippen molar-refractivity contribution in [2.24, 2.45) is 0 Å². The van der Waals surface area contributed by atoms with E-state index in [9.17, 15) is 22.4 Å². The maximum Gasteiger partial charge on any atom is 0.410 e. The molecular weight excluding hydrogens is 516 g/mol. The fraction of sp³-hybridized carbons (Fsp3) is 0.296. The molecule has 204 valence electrons. The molecule has 0 saturated carbocycles. The van der Waals surface area contributed by atoms with Crippen molar-refractivity contribution in [3.63, 3.8) is 0 Å². The number of rotatable bonds is 6. The highest BCUT2D eigenvalue weighted by Crippen LogP contribution is 2.44. The van der Waals surface area contributed by atoms with Gasteiger partial charge in [0.05, 0.1) is 36.8 Å². The van der Waals surface area contributed by atoms with E-state index in [0.717, 1.165) is 10.2 Å². The Balaban J connectivity index is 1.40. The Kier molecular flexibility index (Phi) is 6.79. The zero-order valence-electron chi connectivity index (χ0n) is 21.4. The predicted molar refractivity (Wildman–Crippen MR) is 136 cm³/mol. The second-order valence-electron chi connectivity index (χ2n) is 9.41. The number of aryl methyl sites for hydroxylation is 1. The third kappa shape index (κ3) is 5.31. The maximum absolute atomic E-state index is 14.1. The molecule has 0 spiro atoms. The number of nitrogens with one attached hydrogen (secondary N) is 2. The van der Waals surface area contributed by atoms with E-state index in [4.69, 9.17) is 4.74 Å². The molecule has 4 aromatic rings. The van der Waals surface area contributed by atoms with E-state index < -0.39 is 24.2 Å². The molecule has 0 aliphatic carbocycles. The number of carbonyl (C=O) groups is 1. The van der Waals surface area contributed by atoms with E-state index in [1.165, 1.54) is 25.3 Å². The van der Waals surface area contributed by atoms with Crippen molar-refractivity contribution in [1.29, 1.82) is 0 Å². The van der Waals surface area contributed by atoms with Gasteiger partial charge in [-0.05, 0) is 49.2 Å². The Labute approximate surface area is 221 Å². The van der Waals surface area contributed by atoms with Crippen LogP contribution >= 0.6 is 0 Å². The fourth-order valence-corrected chi connectivity index (χ4v) is 4.73. The van der Waals surface area contributed by atoms with Gasteiger partial charge in [-0.2, -0.15) is 23.4 Å². The molecule has 0 fully saturated rings. The number of ether oxygens (including phenoxy) is 1. The summed E-state index contributed by atoms with van der Waals surface area (Å²) in [6, 6.07) is 11.5. The van der Waals surface area contributed by atoms with Crippen LogP contribution in [0, 0.1) is 19.7 Å². The summed E-state index contributed by atoms with van der Waals surface area (Å²) in [5, 5.41) is 14.3. The number of methoxy groups -OCH3 is 1. The largest absolute Gasteiger partial charge is 0.497 e. The Morgan fingerprint density at radius 1 is 1.13 bits per heavy atom. The lowest BCUT2D eigenvalue weighted by molar-refractivity contribution is -0.173. The molecular formula is C27H26F4N6O2. The molecule has 2 aromatic carbocycles.